The van der Waals surface area contributed by atoms with Crippen molar-refractivity contribution in [3.8, 4) is 0 Å². The summed E-state index contributed by atoms with van der Waals surface area (Å²) in [6, 6.07) is 0. The Morgan fingerprint density at radius 3 is 2.90 bits per heavy atom. The van der Waals surface area contributed by atoms with Crippen molar-refractivity contribution in [3.63, 3.8) is 0 Å². The molecule has 0 saturated heterocycles. The Hall–Kier alpha value is -1.11. The van der Waals surface area contributed by atoms with E-state index in [9.17, 15) is 4.79 Å². The molecular weight excluding hydrogens is 244 g/mol. The summed E-state index contributed by atoms with van der Waals surface area (Å²) >= 11 is 0. The van der Waals surface area contributed by atoms with Crippen LogP contribution in [-0.4, -0.2) is 5.78 Å². The number of ketones is 1. The van der Waals surface area contributed by atoms with Crippen LogP contribution < -0.4 is 0 Å². The molecule has 0 unspecified atom stereocenters. The summed E-state index contributed by atoms with van der Waals surface area (Å²) in [6.07, 6.45) is 14.1. The second-order valence-corrected chi connectivity index (χ2v) is 7.79. The normalized spacial score (nSPS) is 38.2. The second kappa shape index (κ2) is 4.19. The molecule has 106 valence electrons. The fourth-order valence-electron chi connectivity index (χ4n) is 5.34. The zero-order valence-electron chi connectivity index (χ0n) is 12.6. The molecule has 0 aromatic heterocycles. The number of hydrogen-bond acceptors (Lipinski definition) is 1. The predicted molar refractivity (Wildman–Crippen MR) is 81.2 cm³/mol. The van der Waals surface area contributed by atoms with Crippen LogP contribution in [0.4, 0.5) is 0 Å². The van der Waals surface area contributed by atoms with Gasteiger partial charge in [0.2, 0.25) is 0 Å². The van der Waals surface area contributed by atoms with Crippen molar-refractivity contribution >= 4 is 5.78 Å². The summed E-state index contributed by atoms with van der Waals surface area (Å²) in [6.45, 7) is 4.52. The molecule has 0 heterocycles. The monoisotopic (exact) mass is 268 g/mol. The first-order valence-corrected chi connectivity index (χ1v) is 8.23. The molecule has 4 aliphatic carbocycles. The molecule has 0 radical (unpaired) electrons. The SMILES string of the molecule is CC1(C)CC(=O)C=C2CC[C@@H]3C(=C21)C=C[C@@H]1CCC[C@H]13. The first kappa shape index (κ1) is 12.6. The van der Waals surface area contributed by atoms with Gasteiger partial charge in [-0.3, -0.25) is 4.79 Å². The van der Waals surface area contributed by atoms with Crippen molar-refractivity contribution < 1.29 is 4.79 Å². The van der Waals surface area contributed by atoms with Gasteiger partial charge in [-0.1, -0.05) is 32.4 Å². The first-order valence-electron chi connectivity index (χ1n) is 8.23. The first-order chi connectivity index (χ1) is 9.56. The summed E-state index contributed by atoms with van der Waals surface area (Å²) in [7, 11) is 0. The summed E-state index contributed by atoms with van der Waals surface area (Å²) in [5.74, 6) is 2.82. The van der Waals surface area contributed by atoms with E-state index in [1.807, 2.05) is 6.08 Å². The van der Waals surface area contributed by atoms with Crippen LogP contribution in [-0.2, 0) is 4.79 Å². The topological polar surface area (TPSA) is 17.1 Å². The molecule has 1 saturated carbocycles. The van der Waals surface area contributed by atoms with Gasteiger partial charge in [-0.25, -0.2) is 0 Å². The predicted octanol–water partition coefficient (Wildman–Crippen LogP) is 4.60. The van der Waals surface area contributed by atoms with Gasteiger partial charge in [0.1, 0.15) is 0 Å². The lowest BCUT2D eigenvalue weighted by Gasteiger charge is -2.44. The highest BCUT2D eigenvalue weighted by atomic mass is 16.1. The van der Waals surface area contributed by atoms with Crippen molar-refractivity contribution in [2.45, 2.75) is 52.4 Å². The van der Waals surface area contributed by atoms with E-state index in [-0.39, 0.29) is 5.41 Å². The Kier molecular flexibility index (Phi) is 2.64. The highest BCUT2D eigenvalue weighted by molar-refractivity contribution is 5.94. The molecule has 0 aromatic carbocycles. The standard InChI is InChI=1S/C19H24O/c1-19(2)11-14(20)10-13-7-8-16-15-5-3-4-12(15)6-9-17(16)18(13)19/h6,9-10,12,15-16H,3-5,7-8,11H2,1-2H3/t12-,15+,16-/m0/s1. The third-order valence-corrected chi connectivity index (χ3v) is 6.03. The quantitative estimate of drug-likeness (QED) is 0.627. The average molecular weight is 268 g/mol. The van der Waals surface area contributed by atoms with E-state index in [0.29, 0.717) is 12.2 Å². The van der Waals surface area contributed by atoms with Crippen molar-refractivity contribution in [1.29, 1.82) is 0 Å². The molecule has 20 heavy (non-hydrogen) atoms. The molecule has 1 heteroatoms. The van der Waals surface area contributed by atoms with Gasteiger partial charge in [-0.2, -0.15) is 0 Å². The number of rotatable bonds is 0. The van der Waals surface area contributed by atoms with Gasteiger partial charge >= 0.3 is 0 Å². The lowest BCUT2D eigenvalue weighted by Crippen LogP contribution is -2.34. The van der Waals surface area contributed by atoms with E-state index in [1.165, 1.54) is 36.8 Å². The molecule has 4 aliphatic rings. The van der Waals surface area contributed by atoms with Crippen molar-refractivity contribution in [1.82, 2.24) is 0 Å². The van der Waals surface area contributed by atoms with Gasteiger partial charge in [0.05, 0.1) is 0 Å². The zero-order valence-corrected chi connectivity index (χ0v) is 12.6. The van der Waals surface area contributed by atoms with E-state index in [1.54, 1.807) is 5.57 Å². The van der Waals surface area contributed by atoms with Crippen LogP contribution in [0.25, 0.3) is 0 Å². The maximum atomic E-state index is 12.0. The molecule has 1 nitrogen and oxygen atoms in total. The Morgan fingerprint density at radius 2 is 2.05 bits per heavy atom. The molecule has 0 bridgehead atoms. The lowest BCUT2D eigenvalue weighted by atomic mass is 9.60. The number of hydrogen-bond donors (Lipinski definition) is 0. The highest BCUT2D eigenvalue weighted by Crippen LogP contribution is 2.54. The number of carbonyl (C=O) groups excluding carboxylic acids is 1. The van der Waals surface area contributed by atoms with E-state index in [0.717, 1.165) is 24.2 Å². The molecule has 0 aromatic rings. The summed E-state index contributed by atoms with van der Waals surface area (Å²) < 4.78 is 0. The van der Waals surface area contributed by atoms with Gasteiger partial charge in [0, 0.05) is 6.42 Å². The van der Waals surface area contributed by atoms with Crippen LogP contribution >= 0.6 is 0 Å². The van der Waals surface area contributed by atoms with E-state index >= 15 is 0 Å². The van der Waals surface area contributed by atoms with Gasteiger partial charge < -0.3 is 0 Å². The van der Waals surface area contributed by atoms with Crippen LogP contribution in [0.3, 0.4) is 0 Å². The molecule has 1 fully saturated rings. The maximum absolute atomic E-state index is 12.0. The average Bonchev–Trinajstić information content (AvgIpc) is 2.84. The summed E-state index contributed by atoms with van der Waals surface area (Å²) in [5, 5.41) is 0. The van der Waals surface area contributed by atoms with Gasteiger partial charge in [0.15, 0.2) is 5.78 Å². The molecule has 0 spiro atoms. The van der Waals surface area contributed by atoms with Crippen LogP contribution in [0.1, 0.15) is 52.4 Å². The fourth-order valence-corrected chi connectivity index (χ4v) is 5.34. The minimum atomic E-state index is 0.0327. The molecule has 0 amide bonds. The van der Waals surface area contributed by atoms with Crippen molar-refractivity contribution in [3.05, 3.63) is 34.9 Å². The van der Waals surface area contributed by atoms with Gasteiger partial charge in [-0.15, -0.1) is 0 Å². The second-order valence-electron chi connectivity index (χ2n) is 7.79. The Morgan fingerprint density at radius 1 is 1.20 bits per heavy atom. The highest BCUT2D eigenvalue weighted by Gasteiger charge is 2.43. The lowest BCUT2D eigenvalue weighted by molar-refractivity contribution is -0.116. The van der Waals surface area contributed by atoms with E-state index in [2.05, 4.69) is 26.0 Å². The summed E-state index contributed by atoms with van der Waals surface area (Å²) in [4.78, 5) is 12.0. The van der Waals surface area contributed by atoms with E-state index in [4.69, 9.17) is 0 Å². The van der Waals surface area contributed by atoms with Crippen LogP contribution in [0.15, 0.2) is 34.9 Å². The fraction of sp³-hybridized carbons (Fsp3) is 0.632. The number of fused-ring (bicyclic) bond motifs is 4. The minimum Gasteiger partial charge on any atom is -0.295 e. The molecule has 3 atom stereocenters. The van der Waals surface area contributed by atoms with Crippen LogP contribution in [0.2, 0.25) is 0 Å². The maximum Gasteiger partial charge on any atom is 0.156 e. The molecule has 4 rings (SSSR count). The van der Waals surface area contributed by atoms with Crippen LogP contribution in [0.5, 0.6) is 0 Å². The number of carbonyl (C=O) groups is 1. The molecule has 0 aliphatic heterocycles. The largest absolute Gasteiger partial charge is 0.295 e. The van der Waals surface area contributed by atoms with E-state index < -0.39 is 0 Å². The Balaban J connectivity index is 1.88. The Labute approximate surface area is 121 Å². The van der Waals surface area contributed by atoms with Gasteiger partial charge in [0.25, 0.3) is 0 Å². The minimum absolute atomic E-state index is 0.0327. The molecule has 0 N–H and O–H groups in total. The van der Waals surface area contributed by atoms with Crippen molar-refractivity contribution in [2.24, 2.45) is 23.2 Å². The summed E-state index contributed by atoms with van der Waals surface area (Å²) in [5.41, 5.74) is 4.49. The van der Waals surface area contributed by atoms with Gasteiger partial charge in [-0.05, 0) is 71.6 Å². The molecular formula is C19H24O. The Bertz CT molecular complexity index is 558. The number of allylic oxidation sites excluding steroid dienone is 6. The van der Waals surface area contributed by atoms with Crippen LogP contribution in [0, 0.1) is 23.2 Å². The smallest absolute Gasteiger partial charge is 0.156 e. The third kappa shape index (κ3) is 1.71. The third-order valence-electron chi connectivity index (χ3n) is 6.03. The van der Waals surface area contributed by atoms with Crippen molar-refractivity contribution in [2.75, 3.05) is 0 Å². The zero-order chi connectivity index (χ0) is 13.9.